The van der Waals surface area contributed by atoms with Crippen molar-refractivity contribution in [3.05, 3.63) is 155 Å². The largest absolute Gasteiger partial charge is 0.474 e. The Morgan fingerprint density at radius 1 is 0.541 bits per heavy atom. The maximum Gasteiger partial charge on any atom is 0.182 e. The SMILES string of the molecule is C=C(OC(C)(C)C)N1CCCC(Nc2ncnc3c2nc(-c2ccccc2Cl)n3-c2ccc(Cl)cc2)C1.C=C(OC(C)(C)C)N1CCCC(Nc2ncnc3c2nc(-c2ccccc2Cl)n3-c2ccc(Cl)cc2)C1. The normalized spacial score (nSPS) is 16.1. The maximum absolute atomic E-state index is 6.61. The number of benzene rings is 4. The minimum Gasteiger partial charge on any atom is -0.474 e. The first kappa shape index (κ1) is 52.3. The lowest BCUT2D eigenvalue weighted by Crippen LogP contribution is -2.43. The molecule has 2 aliphatic rings. The van der Waals surface area contributed by atoms with E-state index in [1.807, 2.05) is 148 Å². The molecule has 0 spiro atoms. The van der Waals surface area contributed by atoms with E-state index in [1.54, 1.807) is 12.7 Å². The van der Waals surface area contributed by atoms with Crippen LogP contribution in [0.1, 0.15) is 67.2 Å². The zero-order chi connectivity index (χ0) is 52.3. The fraction of sp³-hybridized carbons (Fsp3) is 0.321. The topological polar surface area (TPSA) is 136 Å². The summed E-state index contributed by atoms with van der Waals surface area (Å²) in [6.45, 7) is 23.9. The van der Waals surface area contributed by atoms with Gasteiger partial charge < -0.3 is 29.9 Å². The van der Waals surface area contributed by atoms with Crippen molar-refractivity contribution in [2.75, 3.05) is 36.8 Å². The summed E-state index contributed by atoms with van der Waals surface area (Å²) >= 11 is 25.6. The highest BCUT2D eigenvalue weighted by Gasteiger charge is 2.29. The first-order valence-electron chi connectivity index (χ1n) is 24.7. The number of aromatic nitrogens is 8. The number of nitrogens with one attached hydrogen (secondary N) is 2. The molecule has 0 saturated carbocycles. The average molecular weight is 1070 g/mol. The second-order valence-corrected chi connectivity index (χ2v) is 22.0. The van der Waals surface area contributed by atoms with E-state index in [4.69, 9.17) is 65.8 Å². The molecule has 2 atom stereocenters. The Bertz CT molecular complexity index is 3070. The highest BCUT2D eigenvalue weighted by Crippen LogP contribution is 2.37. The van der Waals surface area contributed by atoms with Crippen molar-refractivity contribution in [2.24, 2.45) is 0 Å². The summed E-state index contributed by atoms with van der Waals surface area (Å²) in [6.07, 6.45) is 7.17. The van der Waals surface area contributed by atoms with Crippen molar-refractivity contribution in [3.8, 4) is 34.2 Å². The number of rotatable bonds is 12. The molecule has 0 aliphatic carbocycles. The number of hydrogen-bond acceptors (Lipinski definition) is 12. The van der Waals surface area contributed by atoms with Crippen LogP contribution in [0, 0.1) is 0 Å². The molecule has 6 heterocycles. The zero-order valence-corrected chi connectivity index (χ0v) is 45.4. The van der Waals surface area contributed by atoms with Gasteiger partial charge in [-0.3, -0.25) is 9.13 Å². The van der Waals surface area contributed by atoms with E-state index in [-0.39, 0.29) is 23.3 Å². The summed E-state index contributed by atoms with van der Waals surface area (Å²) < 4.78 is 16.0. The molecule has 0 radical (unpaired) electrons. The third kappa shape index (κ3) is 12.2. The third-order valence-electron chi connectivity index (χ3n) is 12.4. The first-order valence-corrected chi connectivity index (χ1v) is 26.2. The Kier molecular flexibility index (Phi) is 15.6. The van der Waals surface area contributed by atoms with Gasteiger partial charge in [0, 0.05) is 70.8 Å². The number of nitrogens with zero attached hydrogens (tertiary/aromatic N) is 10. The molecule has 4 aromatic carbocycles. The monoisotopic (exact) mass is 1070 g/mol. The lowest BCUT2D eigenvalue weighted by Gasteiger charge is -2.37. The second-order valence-electron chi connectivity index (χ2n) is 20.3. The molecule has 4 aromatic heterocycles. The molecule has 2 unspecified atom stereocenters. The molecular weight excluding hydrogens is 1010 g/mol. The van der Waals surface area contributed by atoms with E-state index in [0.29, 0.717) is 77.5 Å². The minimum absolute atomic E-state index is 0.150. The van der Waals surface area contributed by atoms with E-state index < -0.39 is 0 Å². The molecule has 0 bridgehead atoms. The van der Waals surface area contributed by atoms with E-state index in [1.165, 1.54) is 0 Å². The van der Waals surface area contributed by atoms with Crippen LogP contribution in [0.2, 0.25) is 20.1 Å². The zero-order valence-electron chi connectivity index (χ0n) is 42.4. The van der Waals surface area contributed by atoms with Gasteiger partial charge in [-0.25, -0.2) is 29.9 Å². The Hall–Kier alpha value is -6.58. The van der Waals surface area contributed by atoms with Gasteiger partial charge in [0.25, 0.3) is 0 Å². The molecule has 384 valence electrons. The molecule has 14 nitrogen and oxygen atoms in total. The van der Waals surface area contributed by atoms with Crippen molar-refractivity contribution in [3.63, 3.8) is 0 Å². The predicted octanol–water partition coefficient (Wildman–Crippen LogP) is 13.9. The van der Waals surface area contributed by atoms with Crippen molar-refractivity contribution in [1.82, 2.24) is 48.8 Å². The highest BCUT2D eigenvalue weighted by molar-refractivity contribution is 6.33. The Morgan fingerprint density at radius 3 is 1.28 bits per heavy atom. The predicted molar refractivity (Wildman–Crippen MR) is 301 cm³/mol. The summed E-state index contributed by atoms with van der Waals surface area (Å²) in [5.41, 5.74) is 5.51. The van der Waals surface area contributed by atoms with Crippen LogP contribution in [0.25, 0.3) is 56.5 Å². The summed E-state index contributed by atoms with van der Waals surface area (Å²) in [6, 6.07) is 30.8. The number of likely N-dealkylation sites (tertiary alicyclic amines) is 2. The number of imidazole rings is 2. The number of piperidine rings is 2. The lowest BCUT2D eigenvalue weighted by atomic mass is 10.1. The first-order chi connectivity index (χ1) is 35.4. The smallest absolute Gasteiger partial charge is 0.182 e. The number of hydrogen-bond donors (Lipinski definition) is 2. The quantitative estimate of drug-likeness (QED) is 0.113. The Morgan fingerprint density at radius 2 is 0.919 bits per heavy atom. The van der Waals surface area contributed by atoms with Crippen molar-refractivity contribution < 1.29 is 9.47 Å². The minimum atomic E-state index is -0.292. The fourth-order valence-corrected chi connectivity index (χ4v) is 9.87. The lowest BCUT2D eigenvalue weighted by molar-refractivity contribution is -0.00312. The van der Waals surface area contributed by atoms with Gasteiger partial charge in [0.2, 0.25) is 0 Å². The molecule has 0 amide bonds. The Balaban J connectivity index is 0.000000182. The summed E-state index contributed by atoms with van der Waals surface area (Å²) in [5, 5.41) is 9.76. The van der Waals surface area contributed by atoms with E-state index in [9.17, 15) is 0 Å². The Labute approximate surface area is 452 Å². The average Bonchev–Trinajstić information content (AvgIpc) is 3.95. The summed E-state index contributed by atoms with van der Waals surface area (Å²) in [5.74, 6) is 4.12. The van der Waals surface area contributed by atoms with Gasteiger partial charge in [0.1, 0.15) is 35.5 Å². The van der Waals surface area contributed by atoms with Gasteiger partial charge in [-0.2, -0.15) is 0 Å². The molecule has 10 rings (SSSR count). The van der Waals surface area contributed by atoms with Crippen LogP contribution in [0.4, 0.5) is 11.6 Å². The van der Waals surface area contributed by atoms with Gasteiger partial charge in [-0.15, -0.1) is 0 Å². The van der Waals surface area contributed by atoms with Crippen LogP contribution in [-0.2, 0) is 9.47 Å². The standard InChI is InChI=1S/2C28H30Cl2N6O/c2*1-18(37-28(2,3)4)35-15-7-8-20(16-35)33-25-24-27(32-17-31-25)36(21-13-11-19(29)12-14-21)26(34-24)22-9-5-6-10-23(22)30/h2*5-6,9-14,17,20H,1,7-8,15-16H2,2-4H3,(H,31,32,33). The van der Waals surface area contributed by atoms with Gasteiger partial charge in [0.15, 0.2) is 45.7 Å². The molecule has 2 fully saturated rings. The van der Waals surface area contributed by atoms with E-state index in [0.717, 1.165) is 74.4 Å². The van der Waals surface area contributed by atoms with Crippen LogP contribution in [0.15, 0.2) is 135 Å². The van der Waals surface area contributed by atoms with Crippen LogP contribution >= 0.6 is 46.4 Å². The number of anilines is 2. The maximum atomic E-state index is 6.61. The van der Waals surface area contributed by atoms with Crippen molar-refractivity contribution >= 4 is 80.4 Å². The molecule has 2 saturated heterocycles. The van der Waals surface area contributed by atoms with Gasteiger partial charge in [0.05, 0.1) is 10.0 Å². The third-order valence-corrected chi connectivity index (χ3v) is 13.5. The molecule has 18 heteroatoms. The van der Waals surface area contributed by atoms with E-state index >= 15 is 0 Å². The van der Waals surface area contributed by atoms with Crippen LogP contribution in [0.3, 0.4) is 0 Å². The summed E-state index contributed by atoms with van der Waals surface area (Å²) in [4.78, 5) is 32.8. The van der Waals surface area contributed by atoms with Gasteiger partial charge in [-0.05, 0) is 153 Å². The molecule has 8 aromatic rings. The second kappa shape index (κ2) is 22.1. The number of ether oxygens (including phenoxy) is 2. The summed E-state index contributed by atoms with van der Waals surface area (Å²) in [7, 11) is 0. The fourth-order valence-electron chi connectivity index (χ4n) is 9.18. The molecule has 2 N–H and O–H groups in total. The van der Waals surface area contributed by atoms with Crippen LogP contribution < -0.4 is 10.6 Å². The molecule has 2 aliphatic heterocycles. The van der Waals surface area contributed by atoms with Crippen molar-refractivity contribution in [2.45, 2.75) is 90.5 Å². The van der Waals surface area contributed by atoms with Gasteiger partial charge in [-0.1, -0.05) is 70.7 Å². The van der Waals surface area contributed by atoms with Crippen molar-refractivity contribution in [1.29, 1.82) is 0 Å². The van der Waals surface area contributed by atoms with Gasteiger partial charge >= 0.3 is 0 Å². The number of fused-ring (bicyclic) bond motifs is 2. The molecule has 74 heavy (non-hydrogen) atoms. The van der Waals surface area contributed by atoms with Crippen LogP contribution in [-0.4, -0.2) is 98.3 Å². The number of halogens is 4. The van der Waals surface area contributed by atoms with E-state index in [2.05, 4.69) is 53.5 Å². The van der Waals surface area contributed by atoms with Crippen LogP contribution in [0.5, 0.6) is 0 Å². The molecular formula is C56H60Cl4N12O2. The highest BCUT2D eigenvalue weighted by atomic mass is 35.5.